The van der Waals surface area contributed by atoms with E-state index in [4.69, 9.17) is 0 Å². The van der Waals surface area contributed by atoms with Crippen LogP contribution in [0.15, 0.2) is 12.1 Å². The van der Waals surface area contributed by atoms with Crippen molar-refractivity contribution in [2.24, 2.45) is 0 Å². The molecule has 15 heavy (non-hydrogen) atoms. The summed E-state index contributed by atoms with van der Waals surface area (Å²) in [5.41, 5.74) is -0.0239. The van der Waals surface area contributed by atoms with Crippen LogP contribution in [-0.4, -0.2) is 5.78 Å². The maximum Gasteiger partial charge on any atom is 0.417 e. The monoisotopic (exact) mass is 328 g/mol. The maximum atomic E-state index is 12.5. The predicted molar refractivity (Wildman–Crippen MR) is 58.9 cm³/mol. The second-order valence-corrected chi connectivity index (χ2v) is 4.25. The van der Waals surface area contributed by atoms with Gasteiger partial charge >= 0.3 is 6.18 Å². The first kappa shape index (κ1) is 12.5. The van der Waals surface area contributed by atoms with E-state index < -0.39 is 11.7 Å². The second kappa shape index (κ2) is 4.11. The number of halogens is 4. The fourth-order valence-corrected chi connectivity index (χ4v) is 2.61. The molecule has 0 fully saturated rings. The molecule has 0 saturated carbocycles. The lowest BCUT2D eigenvalue weighted by Gasteiger charge is -2.13. The van der Waals surface area contributed by atoms with Crippen molar-refractivity contribution >= 4 is 28.4 Å². The normalized spacial score (nSPS) is 11.6. The first-order valence-electron chi connectivity index (χ1n) is 4.12. The molecule has 0 aliphatic rings. The fraction of sp³-hybridized carbons (Fsp3) is 0.300. The Balaban J connectivity index is 3.49. The molecule has 1 nitrogen and oxygen atoms in total. The van der Waals surface area contributed by atoms with Crippen LogP contribution in [0, 0.1) is 10.5 Å². The number of rotatable bonds is 1. The Morgan fingerprint density at radius 3 is 2.27 bits per heavy atom. The minimum Gasteiger partial charge on any atom is -0.294 e. The maximum absolute atomic E-state index is 12.5. The van der Waals surface area contributed by atoms with Crippen molar-refractivity contribution in [2.75, 3.05) is 0 Å². The molecule has 1 rings (SSSR count). The van der Waals surface area contributed by atoms with Crippen molar-refractivity contribution in [3.05, 3.63) is 32.4 Å². The lowest BCUT2D eigenvalue weighted by Crippen LogP contribution is -2.12. The van der Waals surface area contributed by atoms with Crippen LogP contribution in [0.5, 0.6) is 0 Å². The average molecular weight is 328 g/mol. The molecule has 0 unspecified atom stereocenters. The first-order chi connectivity index (χ1) is 6.75. The van der Waals surface area contributed by atoms with Crippen molar-refractivity contribution in [3.8, 4) is 0 Å². The van der Waals surface area contributed by atoms with Crippen LogP contribution in [-0.2, 0) is 6.18 Å². The summed E-state index contributed by atoms with van der Waals surface area (Å²) in [6.07, 6.45) is -4.41. The van der Waals surface area contributed by atoms with Crippen LogP contribution in [0.2, 0.25) is 0 Å². The van der Waals surface area contributed by atoms with Crippen molar-refractivity contribution in [2.45, 2.75) is 20.0 Å². The van der Waals surface area contributed by atoms with Crippen molar-refractivity contribution < 1.29 is 18.0 Å². The van der Waals surface area contributed by atoms with Crippen molar-refractivity contribution in [1.29, 1.82) is 0 Å². The highest BCUT2D eigenvalue weighted by Crippen LogP contribution is 2.35. The highest BCUT2D eigenvalue weighted by molar-refractivity contribution is 14.1. The van der Waals surface area contributed by atoms with Gasteiger partial charge < -0.3 is 0 Å². The molecule has 5 heteroatoms. The van der Waals surface area contributed by atoms with Crippen LogP contribution >= 0.6 is 22.6 Å². The molecule has 0 aliphatic carbocycles. The van der Waals surface area contributed by atoms with E-state index in [1.54, 1.807) is 29.5 Å². The van der Waals surface area contributed by atoms with Gasteiger partial charge in [-0.05, 0) is 48.1 Å². The standard InChI is InChI=1S/C10H8F3IO/c1-5-3-4-7(10(11,12)13)9(14)8(5)6(2)15/h3-4H,1-2H3. The van der Waals surface area contributed by atoms with E-state index in [0.29, 0.717) is 5.56 Å². The summed E-state index contributed by atoms with van der Waals surface area (Å²) in [6.45, 7) is 2.89. The van der Waals surface area contributed by atoms with Crippen LogP contribution < -0.4 is 0 Å². The Kier molecular flexibility index (Phi) is 3.42. The van der Waals surface area contributed by atoms with E-state index in [-0.39, 0.29) is 14.9 Å². The molecule has 0 spiro atoms. The van der Waals surface area contributed by atoms with E-state index in [1.165, 1.54) is 13.0 Å². The van der Waals surface area contributed by atoms with Crippen LogP contribution in [0.3, 0.4) is 0 Å². The van der Waals surface area contributed by atoms with Gasteiger partial charge in [-0.3, -0.25) is 4.79 Å². The van der Waals surface area contributed by atoms with Crippen LogP contribution in [0.4, 0.5) is 13.2 Å². The lowest BCUT2D eigenvalue weighted by atomic mass is 10.0. The van der Waals surface area contributed by atoms with E-state index in [2.05, 4.69) is 0 Å². The summed E-state index contributed by atoms with van der Waals surface area (Å²) in [4.78, 5) is 11.2. The second-order valence-electron chi connectivity index (χ2n) is 3.17. The molecule has 0 bridgehead atoms. The molecule has 1 aromatic carbocycles. The molecule has 82 valence electrons. The van der Waals surface area contributed by atoms with Gasteiger partial charge in [0.1, 0.15) is 0 Å². The topological polar surface area (TPSA) is 17.1 Å². The zero-order chi connectivity index (χ0) is 11.8. The first-order valence-corrected chi connectivity index (χ1v) is 5.20. The Hall–Kier alpha value is -0.590. The summed E-state index contributed by atoms with van der Waals surface area (Å²) < 4.78 is 37.5. The number of carbonyl (C=O) groups is 1. The summed E-state index contributed by atoms with van der Waals surface area (Å²) in [7, 11) is 0. The highest BCUT2D eigenvalue weighted by Gasteiger charge is 2.34. The SMILES string of the molecule is CC(=O)c1c(C)ccc(C(F)(F)F)c1I. The highest BCUT2D eigenvalue weighted by atomic mass is 127. The molecule has 0 saturated heterocycles. The number of hydrogen-bond donors (Lipinski definition) is 0. The van der Waals surface area contributed by atoms with Gasteiger partial charge in [-0.15, -0.1) is 0 Å². The molecule has 0 radical (unpaired) electrons. The third kappa shape index (κ3) is 2.50. The van der Waals surface area contributed by atoms with E-state index in [9.17, 15) is 18.0 Å². The number of hydrogen-bond acceptors (Lipinski definition) is 1. The predicted octanol–water partition coefficient (Wildman–Crippen LogP) is 3.82. The van der Waals surface area contributed by atoms with E-state index >= 15 is 0 Å². The summed E-state index contributed by atoms with van der Waals surface area (Å²) >= 11 is 1.57. The number of alkyl halides is 3. The summed E-state index contributed by atoms with van der Waals surface area (Å²) in [5, 5.41) is 0. The average Bonchev–Trinajstić information content (AvgIpc) is 2.00. The Bertz CT molecular complexity index is 410. The zero-order valence-corrected chi connectivity index (χ0v) is 10.2. The van der Waals surface area contributed by atoms with Gasteiger partial charge in [-0.1, -0.05) is 6.07 Å². The third-order valence-corrected chi connectivity index (χ3v) is 3.13. The Morgan fingerprint density at radius 2 is 1.87 bits per heavy atom. The van der Waals surface area contributed by atoms with Gasteiger partial charge in [0.05, 0.1) is 5.56 Å². The quantitative estimate of drug-likeness (QED) is 0.566. The number of benzene rings is 1. The minimum atomic E-state index is -4.41. The molecule has 0 amide bonds. The Labute approximate surface area is 98.8 Å². The number of Topliss-reactive ketones (excluding diaryl/α,β-unsaturated/α-hetero) is 1. The number of ketones is 1. The molecule has 0 atom stereocenters. The molecule has 0 aliphatic heterocycles. The van der Waals surface area contributed by atoms with Gasteiger partial charge in [0.25, 0.3) is 0 Å². The van der Waals surface area contributed by atoms with Gasteiger partial charge in [0, 0.05) is 9.13 Å². The summed E-state index contributed by atoms with van der Waals surface area (Å²) in [5.74, 6) is -0.344. The van der Waals surface area contributed by atoms with Gasteiger partial charge in [0.2, 0.25) is 0 Å². The third-order valence-electron chi connectivity index (χ3n) is 2.01. The Morgan fingerprint density at radius 1 is 1.33 bits per heavy atom. The van der Waals surface area contributed by atoms with Gasteiger partial charge in [-0.2, -0.15) is 13.2 Å². The smallest absolute Gasteiger partial charge is 0.294 e. The molecule has 0 N–H and O–H groups in total. The molecular weight excluding hydrogens is 320 g/mol. The van der Waals surface area contributed by atoms with Gasteiger partial charge in [-0.25, -0.2) is 0 Å². The van der Waals surface area contributed by atoms with E-state index in [0.717, 1.165) is 6.07 Å². The molecule has 1 aromatic rings. The largest absolute Gasteiger partial charge is 0.417 e. The van der Waals surface area contributed by atoms with Crippen molar-refractivity contribution in [3.63, 3.8) is 0 Å². The van der Waals surface area contributed by atoms with Gasteiger partial charge in [0.15, 0.2) is 5.78 Å². The van der Waals surface area contributed by atoms with Crippen LogP contribution in [0.1, 0.15) is 28.4 Å². The molecular formula is C10H8F3IO. The minimum absolute atomic E-state index is 0.0207. The molecule has 0 aromatic heterocycles. The lowest BCUT2D eigenvalue weighted by molar-refractivity contribution is -0.138. The zero-order valence-electron chi connectivity index (χ0n) is 8.07. The fourth-order valence-electron chi connectivity index (χ4n) is 1.32. The molecule has 0 heterocycles. The number of aryl methyl sites for hydroxylation is 1. The number of carbonyl (C=O) groups excluding carboxylic acids is 1. The van der Waals surface area contributed by atoms with E-state index in [1.807, 2.05) is 0 Å². The van der Waals surface area contributed by atoms with Crippen LogP contribution in [0.25, 0.3) is 0 Å². The van der Waals surface area contributed by atoms with Crippen molar-refractivity contribution in [1.82, 2.24) is 0 Å². The summed E-state index contributed by atoms with van der Waals surface area (Å²) in [6, 6.07) is 2.32.